The Balaban J connectivity index is 1.06. The molecule has 0 unspecified atom stereocenters. The minimum atomic E-state index is -1.03. The van der Waals surface area contributed by atoms with Gasteiger partial charge in [-0.1, -0.05) is 97.1 Å². The molecule has 6 rings (SSSR count). The molecule has 0 radical (unpaired) electrons. The van der Waals surface area contributed by atoms with Gasteiger partial charge in [-0.3, -0.25) is 9.59 Å². The molecule has 244 valence electrons. The molecule has 0 aliphatic heterocycles. The van der Waals surface area contributed by atoms with Gasteiger partial charge in [0.05, 0.1) is 12.1 Å². The van der Waals surface area contributed by atoms with Crippen LogP contribution in [0.1, 0.15) is 38.4 Å². The van der Waals surface area contributed by atoms with E-state index >= 15 is 0 Å². The summed E-state index contributed by atoms with van der Waals surface area (Å²) >= 11 is 0. The summed E-state index contributed by atoms with van der Waals surface area (Å²) in [6, 6.07) is 43.0. The molecule has 5 aromatic carbocycles. The highest BCUT2D eigenvalue weighted by atomic mass is 16.5. The topological polar surface area (TPSA) is 109 Å². The highest BCUT2D eigenvalue weighted by Crippen LogP contribution is 2.23. The number of amides is 1. The molecule has 0 aliphatic rings. The zero-order chi connectivity index (χ0) is 34.0. The second kappa shape index (κ2) is 15.5. The summed E-state index contributed by atoms with van der Waals surface area (Å²) in [5, 5.41) is 14.1. The van der Waals surface area contributed by atoms with Crippen LogP contribution in [0.4, 0.5) is 11.4 Å². The molecule has 1 aromatic heterocycles. The maximum Gasteiger partial charge on any atom is 0.326 e. The number of hydrogen-bond donors (Lipinski definition) is 2. The Bertz CT molecular complexity index is 2050. The molecule has 6 aromatic rings. The van der Waals surface area contributed by atoms with Crippen molar-refractivity contribution >= 4 is 39.9 Å². The van der Waals surface area contributed by atoms with Gasteiger partial charge >= 0.3 is 5.97 Å². The second-order valence-electron chi connectivity index (χ2n) is 11.5. The van der Waals surface area contributed by atoms with E-state index in [2.05, 4.69) is 10.3 Å². The molecule has 2 N–H and O–H groups in total. The number of benzene rings is 5. The molecule has 1 atom stereocenters. The van der Waals surface area contributed by atoms with Gasteiger partial charge in [0.2, 0.25) is 0 Å². The molecule has 8 heteroatoms. The Hall–Kier alpha value is -6.28. The number of carboxylic acid groups (broad SMARTS) is 1. The predicted molar refractivity (Wildman–Crippen MR) is 191 cm³/mol. The van der Waals surface area contributed by atoms with Gasteiger partial charge in [0.25, 0.3) is 5.91 Å². The van der Waals surface area contributed by atoms with Gasteiger partial charge in [-0.05, 0) is 60.5 Å². The first-order valence-electron chi connectivity index (χ1n) is 16.1. The zero-order valence-corrected chi connectivity index (χ0v) is 26.7. The van der Waals surface area contributed by atoms with E-state index < -0.39 is 12.0 Å². The van der Waals surface area contributed by atoms with Crippen LogP contribution < -0.4 is 15.0 Å². The number of hydrogen-bond acceptors (Lipinski definition) is 6. The maximum absolute atomic E-state index is 13.6. The number of pyridine rings is 1. The van der Waals surface area contributed by atoms with Crippen molar-refractivity contribution in [2.24, 2.45) is 0 Å². The van der Waals surface area contributed by atoms with Crippen molar-refractivity contribution in [3.8, 4) is 5.75 Å². The Labute approximate surface area is 284 Å². The first kappa shape index (κ1) is 32.7. The Morgan fingerprint density at radius 2 is 1.41 bits per heavy atom. The smallest absolute Gasteiger partial charge is 0.326 e. The van der Waals surface area contributed by atoms with Crippen LogP contribution in [0.5, 0.6) is 5.75 Å². The monoisotopic (exact) mass is 649 g/mol. The normalized spacial score (nSPS) is 11.4. The zero-order valence-electron chi connectivity index (χ0n) is 26.7. The first-order chi connectivity index (χ1) is 24.0. The third-order valence-corrected chi connectivity index (χ3v) is 8.12. The van der Waals surface area contributed by atoms with Crippen LogP contribution in [0.3, 0.4) is 0 Å². The summed E-state index contributed by atoms with van der Waals surface area (Å²) < 4.78 is 6.00. The second-order valence-corrected chi connectivity index (χ2v) is 11.5. The minimum absolute atomic E-state index is 0.184. The number of carbonyl (C=O) groups excluding carboxylic acids is 2. The van der Waals surface area contributed by atoms with E-state index in [-0.39, 0.29) is 18.1 Å². The molecule has 0 saturated heterocycles. The molecule has 1 amide bonds. The van der Waals surface area contributed by atoms with Gasteiger partial charge in [0.15, 0.2) is 5.78 Å². The number of para-hydroxylation sites is 3. The molecule has 0 aliphatic carbocycles. The van der Waals surface area contributed by atoms with Gasteiger partial charge in [-0.25, -0.2) is 9.78 Å². The van der Waals surface area contributed by atoms with Gasteiger partial charge in [-0.2, -0.15) is 0 Å². The number of aromatic nitrogens is 1. The molecule has 0 spiro atoms. The Morgan fingerprint density at radius 3 is 2.16 bits per heavy atom. The van der Waals surface area contributed by atoms with Crippen molar-refractivity contribution in [3.05, 3.63) is 168 Å². The number of carboxylic acids is 1. The number of nitrogens with one attached hydrogen (secondary N) is 1. The van der Waals surface area contributed by atoms with Crippen molar-refractivity contribution in [3.63, 3.8) is 0 Å². The van der Waals surface area contributed by atoms with Crippen LogP contribution in [0.25, 0.3) is 10.9 Å². The average Bonchev–Trinajstić information content (AvgIpc) is 3.15. The fourth-order valence-electron chi connectivity index (χ4n) is 5.59. The first-order valence-corrected chi connectivity index (χ1v) is 16.1. The van der Waals surface area contributed by atoms with Gasteiger partial charge in [0.1, 0.15) is 17.5 Å². The van der Waals surface area contributed by atoms with E-state index in [1.165, 1.54) is 0 Å². The highest BCUT2D eigenvalue weighted by molar-refractivity contribution is 6.12. The Morgan fingerprint density at radius 1 is 0.735 bits per heavy atom. The molecule has 0 bridgehead atoms. The van der Waals surface area contributed by atoms with Gasteiger partial charge < -0.3 is 20.1 Å². The predicted octanol–water partition coefficient (Wildman–Crippen LogP) is 7.69. The summed E-state index contributed by atoms with van der Waals surface area (Å²) in [5.74, 6) is -0.763. The Kier molecular flexibility index (Phi) is 10.4. The largest absolute Gasteiger partial charge is 0.494 e. The summed E-state index contributed by atoms with van der Waals surface area (Å²) in [6.07, 6.45) is 0.766. The van der Waals surface area contributed by atoms with Crippen LogP contribution in [0.2, 0.25) is 0 Å². The number of ether oxygens (including phenoxy) is 1. The van der Waals surface area contributed by atoms with Crippen LogP contribution in [-0.4, -0.2) is 46.9 Å². The fourth-order valence-corrected chi connectivity index (χ4v) is 5.59. The number of nitrogens with zero attached hydrogens (tertiary/aromatic N) is 2. The van der Waals surface area contributed by atoms with Crippen molar-refractivity contribution in [1.29, 1.82) is 0 Å². The third kappa shape index (κ3) is 8.18. The van der Waals surface area contributed by atoms with Crippen molar-refractivity contribution in [1.82, 2.24) is 4.98 Å². The average molecular weight is 650 g/mol. The van der Waals surface area contributed by atoms with Crippen molar-refractivity contribution < 1.29 is 24.2 Å². The lowest BCUT2D eigenvalue weighted by molar-refractivity contribution is -0.137. The molecule has 49 heavy (non-hydrogen) atoms. The summed E-state index contributed by atoms with van der Waals surface area (Å²) in [7, 11) is 0. The maximum atomic E-state index is 13.6. The number of aliphatic carboxylic acids is 1. The van der Waals surface area contributed by atoms with Crippen LogP contribution in [0, 0.1) is 0 Å². The van der Waals surface area contributed by atoms with Crippen molar-refractivity contribution in [2.75, 3.05) is 23.4 Å². The molecular weight excluding hydrogens is 614 g/mol. The van der Waals surface area contributed by atoms with Gasteiger partial charge in [0, 0.05) is 40.9 Å². The van der Waals surface area contributed by atoms with Crippen molar-refractivity contribution in [2.45, 2.75) is 18.9 Å². The molecule has 1 heterocycles. The summed E-state index contributed by atoms with van der Waals surface area (Å²) in [5.41, 5.74) is 4.11. The van der Waals surface area contributed by atoms with E-state index in [9.17, 15) is 19.5 Å². The molecule has 0 fully saturated rings. The summed E-state index contributed by atoms with van der Waals surface area (Å²) in [4.78, 5) is 45.3. The third-order valence-electron chi connectivity index (χ3n) is 8.12. The number of rotatable bonds is 14. The summed E-state index contributed by atoms with van der Waals surface area (Å²) in [6.45, 7) is 0.794. The van der Waals surface area contributed by atoms with Crippen LogP contribution in [0.15, 0.2) is 146 Å². The SMILES string of the molecule is O=C(c1ccccc1)c1ccccc1N[C@@H](Cc1ccc(OCCCN(C(=O)c2ccc3ccccc3n2)c2ccccc2)cc1)C(=O)O. The number of carbonyl (C=O) groups is 3. The molecule has 0 saturated carbocycles. The van der Waals surface area contributed by atoms with E-state index in [1.807, 2.05) is 78.9 Å². The van der Waals surface area contributed by atoms with Gasteiger partial charge in [-0.15, -0.1) is 0 Å². The van der Waals surface area contributed by atoms with Crippen LogP contribution in [-0.2, 0) is 11.2 Å². The highest BCUT2D eigenvalue weighted by Gasteiger charge is 2.22. The lowest BCUT2D eigenvalue weighted by Gasteiger charge is -2.23. The molecular formula is C41H35N3O5. The standard InChI is InChI=1S/C41H35N3O5/c45-39(31-13-3-1-4-14-31)34-17-8-10-19-36(34)43-38(41(47)48)28-29-20-23-33(24-21-29)49-27-11-26-44(32-15-5-2-6-16-32)40(46)37-25-22-30-12-7-9-18-35(30)42-37/h1-10,12-25,38,43H,11,26-28H2,(H,47,48)/t38-/m0/s1. The quantitative estimate of drug-likeness (QED) is 0.0920. The minimum Gasteiger partial charge on any atom is -0.494 e. The van der Waals surface area contributed by atoms with E-state index in [4.69, 9.17) is 4.74 Å². The number of ketones is 1. The molecule has 8 nitrogen and oxygen atoms in total. The fraction of sp³-hybridized carbons (Fsp3) is 0.122. The van der Waals surface area contributed by atoms with E-state index in [0.717, 1.165) is 22.2 Å². The van der Waals surface area contributed by atoms with E-state index in [1.54, 1.807) is 71.6 Å². The number of fused-ring (bicyclic) bond motifs is 1. The lowest BCUT2D eigenvalue weighted by Crippen LogP contribution is -2.33. The van der Waals surface area contributed by atoms with E-state index in [0.29, 0.717) is 47.8 Å². The van der Waals surface area contributed by atoms with Crippen LogP contribution >= 0.6 is 0 Å². The number of anilines is 2. The lowest BCUT2D eigenvalue weighted by atomic mass is 10.00.